The van der Waals surface area contributed by atoms with Crippen molar-refractivity contribution in [3.05, 3.63) is 18.2 Å². The van der Waals surface area contributed by atoms with E-state index < -0.39 is 0 Å². The summed E-state index contributed by atoms with van der Waals surface area (Å²) in [5.74, 6) is 0.841. The number of benzene rings is 1. The molecule has 1 heterocycles. The number of carbonyl (C=O) groups excluding carboxylic acids is 2. The average molecular weight is 321 g/mol. The number of nitrogens with zero attached hydrogens (tertiary/aromatic N) is 2. The maximum atomic E-state index is 12.0. The van der Waals surface area contributed by atoms with E-state index in [2.05, 4.69) is 5.32 Å². The molecule has 23 heavy (non-hydrogen) atoms. The van der Waals surface area contributed by atoms with Crippen LogP contribution in [-0.2, 0) is 9.59 Å². The predicted octanol–water partition coefficient (Wildman–Crippen LogP) is 0.489. The highest BCUT2D eigenvalue weighted by Gasteiger charge is 2.19. The molecular weight excluding hydrogens is 298 g/mol. The van der Waals surface area contributed by atoms with Gasteiger partial charge >= 0.3 is 0 Å². The first kappa shape index (κ1) is 17.1. The lowest BCUT2D eigenvalue weighted by molar-refractivity contribution is -0.123. The predicted molar refractivity (Wildman–Crippen MR) is 87.0 cm³/mol. The number of hydrogen-bond donors (Lipinski definition) is 1. The molecular formula is C16H23N3O4. The standard InChI is InChI=1S/C16H23N3O4/c1-12(20)19(11-16(21)17-6-7-18(2)3)13-4-5-14-15(10-13)23-9-8-22-14/h4-5,10H,6-9,11H2,1-3H3,(H,17,21). The molecule has 1 aliphatic heterocycles. The number of rotatable bonds is 6. The molecule has 0 fully saturated rings. The summed E-state index contributed by atoms with van der Waals surface area (Å²) < 4.78 is 11.0. The molecule has 0 bridgehead atoms. The number of fused-ring (bicyclic) bond motifs is 1. The third kappa shape index (κ3) is 4.85. The van der Waals surface area contributed by atoms with Gasteiger partial charge in [-0.15, -0.1) is 0 Å². The number of anilines is 1. The van der Waals surface area contributed by atoms with Crippen LogP contribution in [0.3, 0.4) is 0 Å². The molecule has 2 rings (SSSR count). The molecule has 0 atom stereocenters. The number of carbonyl (C=O) groups is 2. The highest BCUT2D eigenvalue weighted by molar-refractivity contribution is 5.97. The van der Waals surface area contributed by atoms with E-state index in [-0.39, 0.29) is 18.4 Å². The van der Waals surface area contributed by atoms with Gasteiger partial charge in [-0.1, -0.05) is 0 Å². The molecule has 0 aromatic heterocycles. The van der Waals surface area contributed by atoms with E-state index in [9.17, 15) is 9.59 Å². The molecule has 7 nitrogen and oxygen atoms in total. The Morgan fingerprint density at radius 2 is 1.87 bits per heavy atom. The molecule has 0 radical (unpaired) electrons. The number of amides is 2. The van der Waals surface area contributed by atoms with E-state index in [4.69, 9.17) is 9.47 Å². The minimum absolute atomic E-state index is 0.0254. The Hall–Kier alpha value is -2.28. The molecule has 2 amide bonds. The molecule has 0 spiro atoms. The van der Waals surface area contributed by atoms with Crippen molar-refractivity contribution in [2.45, 2.75) is 6.92 Å². The summed E-state index contributed by atoms with van der Waals surface area (Å²) in [5.41, 5.74) is 0.615. The van der Waals surface area contributed by atoms with Crippen molar-refractivity contribution >= 4 is 17.5 Å². The zero-order valence-electron chi connectivity index (χ0n) is 13.8. The summed E-state index contributed by atoms with van der Waals surface area (Å²) in [6.45, 7) is 3.68. The number of ether oxygens (including phenoxy) is 2. The normalized spacial score (nSPS) is 12.9. The van der Waals surface area contributed by atoms with Crippen molar-refractivity contribution in [2.24, 2.45) is 0 Å². The van der Waals surface area contributed by atoms with Crippen molar-refractivity contribution in [3.8, 4) is 11.5 Å². The molecule has 0 aliphatic carbocycles. The lowest BCUT2D eigenvalue weighted by Crippen LogP contribution is -2.41. The highest BCUT2D eigenvalue weighted by Crippen LogP contribution is 2.33. The Kier molecular flexibility index (Phi) is 5.81. The quantitative estimate of drug-likeness (QED) is 0.826. The zero-order valence-corrected chi connectivity index (χ0v) is 13.8. The molecule has 1 aromatic rings. The van der Waals surface area contributed by atoms with Crippen molar-refractivity contribution < 1.29 is 19.1 Å². The van der Waals surface area contributed by atoms with Gasteiger partial charge in [0.15, 0.2) is 11.5 Å². The first-order valence-electron chi connectivity index (χ1n) is 7.56. The van der Waals surface area contributed by atoms with Crippen LogP contribution < -0.4 is 19.7 Å². The molecule has 1 aliphatic rings. The second-order valence-electron chi connectivity index (χ2n) is 5.59. The zero-order chi connectivity index (χ0) is 16.8. The first-order valence-corrected chi connectivity index (χ1v) is 7.56. The van der Waals surface area contributed by atoms with Crippen molar-refractivity contribution in [3.63, 3.8) is 0 Å². The van der Waals surface area contributed by atoms with E-state index in [1.54, 1.807) is 18.2 Å². The SMILES string of the molecule is CC(=O)N(CC(=O)NCCN(C)C)c1ccc2c(c1)OCCO2. The molecule has 126 valence electrons. The second-order valence-corrected chi connectivity index (χ2v) is 5.59. The van der Waals surface area contributed by atoms with Crippen LogP contribution >= 0.6 is 0 Å². The van der Waals surface area contributed by atoms with Gasteiger partial charge in [0.25, 0.3) is 0 Å². The Morgan fingerprint density at radius 3 is 2.52 bits per heavy atom. The van der Waals surface area contributed by atoms with E-state index in [1.807, 2.05) is 19.0 Å². The molecule has 0 saturated heterocycles. The van der Waals surface area contributed by atoms with Gasteiger partial charge in [-0.3, -0.25) is 9.59 Å². The van der Waals surface area contributed by atoms with Gasteiger partial charge in [-0.05, 0) is 26.2 Å². The number of nitrogens with one attached hydrogen (secondary N) is 1. The molecule has 0 unspecified atom stereocenters. The third-order valence-electron chi connectivity index (χ3n) is 3.40. The highest BCUT2D eigenvalue weighted by atomic mass is 16.6. The van der Waals surface area contributed by atoms with Crippen LogP contribution in [0.5, 0.6) is 11.5 Å². The van der Waals surface area contributed by atoms with Crippen LogP contribution in [0.1, 0.15) is 6.92 Å². The Morgan fingerprint density at radius 1 is 1.17 bits per heavy atom. The molecule has 0 saturated carbocycles. The Balaban J connectivity index is 2.03. The fourth-order valence-electron chi connectivity index (χ4n) is 2.20. The van der Waals surface area contributed by atoms with E-state index in [0.29, 0.717) is 36.9 Å². The van der Waals surface area contributed by atoms with Crippen molar-refractivity contribution in [1.29, 1.82) is 0 Å². The summed E-state index contributed by atoms with van der Waals surface area (Å²) in [4.78, 5) is 27.3. The Labute approximate surface area is 136 Å². The van der Waals surface area contributed by atoms with Gasteiger partial charge in [0.05, 0.1) is 0 Å². The van der Waals surface area contributed by atoms with E-state index in [0.717, 1.165) is 6.54 Å². The van der Waals surface area contributed by atoms with Gasteiger partial charge in [0, 0.05) is 31.8 Å². The largest absolute Gasteiger partial charge is 0.486 e. The lowest BCUT2D eigenvalue weighted by Gasteiger charge is -2.24. The summed E-state index contributed by atoms with van der Waals surface area (Å²) in [5, 5.41) is 2.80. The van der Waals surface area contributed by atoms with Crippen LogP contribution in [0.2, 0.25) is 0 Å². The van der Waals surface area contributed by atoms with Gasteiger partial charge in [-0.25, -0.2) is 0 Å². The first-order chi connectivity index (χ1) is 11.0. The second kappa shape index (κ2) is 7.82. The molecule has 1 N–H and O–H groups in total. The van der Waals surface area contributed by atoms with Crippen LogP contribution in [0.4, 0.5) is 5.69 Å². The molecule has 7 heteroatoms. The third-order valence-corrected chi connectivity index (χ3v) is 3.40. The average Bonchev–Trinajstić information content (AvgIpc) is 2.51. The smallest absolute Gasteiger partial charge is 0.240 e. The van der Waals surface area contributed by atoms with Crippen LogP contribution in [0, 0.1) is 0 Å². The maximum Gasteiger partial charge on any atom is 0.240 e. The minimum atomic E-state index is -0.204. The summed E-state index contributed by atoms with van der Waals surface area (Å²) in [6.07, 6.45) is 0. The minimum Gasteiger partial charge on any atom is -0.486 e. The van der Waals surface area contributed by atoms with E-state index in [1.165, 1.54) is 11.8 Å². The topological polar surface area (TPSA) is 71.1 Å². The number of likely N-dealkylation sites (N-methyl/N-ethyl adjacent to an activating group) is 1. The van der Waals surface area contributed by atoms with Gasteiger partial charge in [0.2, 0.25) is 11.8 Å². The van der Waals surface area contributed by atoms with Crippen molar-refractivity contribution in [1.82, 2.24) is 10.2 Å². The van der Waals surface area contributed by atoms with Gasteiger partial charge in [0.1, 0.15) is 19.8 Å². The molecule has 1 aromatic carbocycles. The fraction of sp³-hybridized carbons (Fsp3) is 0.500. The summed E-state index contributed by atoms with van der Waals surface area (Å²) in [6, 6.07) is 5.23. The van der Waals surface area contributed by atoms with Gasteiger partial charge in [-0.2, -0.15) is 0 Å². The van der Waals surface area contributed by atoms with Gasteiger partial charge < -0.3 is 24.6 Å². The monoisotopic (exact) mass is 321 g/mol. The lowest BCUT2D eigenvalue weighted by atomic mass is 10.2. The Bertz CT molecular complexity index is 574. The van der Waals surface area contributed by atoms with Crippen molar-refractivity contribution in [2.75, 3.05) is 51.8 Å². The summed E-state index contributed by atoms with van der Waals surface area (Å²) in [7, 11) is 3.87. The maximum absolute atomic E-state index is 12.0. The fourth-order valence-corrected chi connectivity index (χ4v) is 2.20. The summed E-state index contributed by atoms with van der Waals surface area (Å²) >= 11 is 0. The number of hydrogen-bond acceptors (Lipinski definition) is 5. The van der Waals surface area contributed by atoms with Crippen LogP contribution in [0.15, 0.2) is 18.2 Å². The van der Waals surface area contributed by atoms with E-state index >= 15 is 0 Å². The van der Waals surface area contributed by atoms with Crippen LogP contribution in [0.25, 0.3) is 0 Å². The van der Waals surface area contributed by atoms with Crippen LogP contribution in [-0.4, -0.2) is 63.7 Å².